The number of nitrogens with one attached hydrogen (secondary N) is 1. The van der Waals surface area contributed by atoms with Crippen LogP contribution in [0, 0.1) is 5.92 Å². The fourth-order valence-electron chi connectivity index (χ4n) is 2.08. The number of hydrogen-bond donors (Lipinski definition) is 1. The van der Waals surface area contributed by atoms with Crippen LogP contribution in [0.1, 0.15) is 25.2 Å². The summed E-state index contributed by atoms with van der Waals surface area (Å²) < 4.78 is 5.77. The van der Waals surface area contributed by atoms with E-state index in [1.807, 2.05) is 19.2 Å². The van der Waals surface area contributed by atoms with Gasteiger partial charge in [0.05, 0.1) is 6.54 Å². The zero-order valence-corrected chi connectivity index (χ0v) is 11.4. The van der Waals surface area contributed by atoms with E-state index in [9.17, 15) is 0 Å². The van der Waals surface area contributed by atoms with Gasteiger partial charge < -0.3 is 9.73 Å². The second kappa shape index (κ2) is 5.87. The molecule has 0 unspecified atom stereocenters. The van der Waals surface area contributed by atoms with Gasteiger partial charge in [0.1, 0.15) is 11.5 Å². The molecule has 1 heterocycles. The Morgan fingerprint density at radius 1 is 1.06 bits per heavy atom. The predicted octanol–water partition coefficient (Wildman–Crippen LogP) is 3.86. The maximum atomic E-state index is 5.77. The average molecular weight is 243 g/mol. The minimum absolute atomic E-state index is 0.696. The van der Waals surface area contributed by atoms with Crippen LogP contribution in [0.4, 0.5) is 0 Å². The molecule has 0 aliphatic rings. The average Bonchev–Trinajstić information content (AvgIpc) is 2.78. The van der Waals surface area contributed by atoms with Gasteiger partial charge in [-0.3, -0.25) is 0 Å². The van der Waals surface area contributed by atoms with Crippen LogP contribution < -0.4 is 5.32 Å². The Labute approximate surface area is 109 Å². The summed E-state index contributed by atoms with van der Waals surface area (Å²) >= 11 is 0. The van der Waals surface area contributed by atoms with Gasteiger partial charge in [-0.15, -0.1) is 0 Å². The minimum Gasteiger partial charge on any atom is -0.460 e. The van der Waals surface area contributed by atoms with Gasteiger partial charge in [-0.1, -0.05) is 38.1 Å². The molecule has 1 N–H and O–H groups in total. The largest absolute Gasteiger partial charge is 0.460 e. The Balaban J connectivity index is 2.12. The predicted molar refractivity (Wildman–Crippen MR) is 75.4 cm³/mol. The van der Waals surface area contributed by atoms with Crippen molar-refractivity contribution in [1.29, 1.82) is 0 Å². The van der Waals surface area contributed by atoms with Gasteiger partial charge >= 0.3 is 0 Å². The van der Waals surface area contributed by atoms with Gasteiger partial charge in [-0.05, 0) is 37.1 Å². The fraction of sp³-hybridized carbons (Fsp3) is 0.375. The molecule has 0 aliphatic heterocycles. The normalized spacial score (nSPS) is 11.1. The van der Waals surface area contributed by atoms with Gasteiger partial charge in [0.25, 0.3) is 0 Å². The second-order valence-electron chi connectivity index (χ2n) is 5.09. The maximum absolute atomic E-state index is 5.77. The van der Waals surface area contributed by atoms with Gasteiger partial charge in [-0.25, -0.2) is 0 Å². The van der Waals surface area contributed by atoms with Crippen LogP contribution in [-0.4, -0.2) is 7.05 Å². The van der Waals surface area contributed by atoms with E-state index in [0.29, 0.717) is 5.92 Å². The first-order chi connectivity index (χ1) is 8.69. The molecule has 0 saturated carbocycles. The van der Waals surface area contributed by atoms with Crippen LogP contribution >= 0.6 is 0 Å². The third-order valence-electron chi connectivity index (χ3n) is 2.90. The molecular weight excluding hydrogens is 222 g/mol. The van der Waals surface area contributed by atoms with E-state index in [1.165, 1.54) is 5.56 Å². The van der Waals surface area contributed by atoms with Crippen molar-refractivity contribution in [3.05, 3.63) is 47.7 Å². The minimum atomic E-state index is 0.696. The van der Waals surface area contributed by atoms with Crippen LogP contribution in [0.15, 0.2) is 40.8 Å². The van der Waals surface area contributed by atoms with E-state index < -0.39 is 0 Å². The number of benzene rings is 1. The lowest BCUT2D eigenvalue weighted by molar-refractivity contribution is 0.507. The van der Waals surface area contributed by atoms with Crippen LogP contribution in [0.25, 0.3) is 11.3 Å². The quantitative estimate of drug-likeness (QED) is 0.862. The van der Waals surface area contributed by atoms with E-state index in [2.05, 4.69) is 43.4 Å². The summed E-state index contributed by atoms with van der Waals surface area (Å²) in [7, 11) is 1.92. The molecule has 0 atom stereocenters. The molecule has 0 amide bonds. The molecule has 0 fully saturated rings. The highest BCUT2D eigenvalue weighted by molar-refractivity contribution is 5.57. The molecular formula is C16H21NO. The van der Waals surface area contributed by atoms with Gasteiger partial charge in [0.15, 0.2) is 0 Å². The van der Waals surface area contributed by atoms with Gasteiger partial charge in [0.2, 0.25) is 0 Å². The summed E-state index contributed by atoms with van der Waals surface area (Å²) in [5.41, 5.74) is 2.53. The lowest BCUT2D eigenvalue weighted by Crippen LogP contribution is -2.03. The Hall–Kier alpha value is -1.54. The lowest BCUT2D eigenvalue weighted by atomic mass is 10.0. The Morgan fingerprint density at radius 2 is 1.78 bits per heavy atom. The highest BCUT2D eigenvalue weighted by atomic mass is 16.3. The van der Waals surface area contributed by atoms with E-state index in [4.69, 9.17) is 4.42 Å². The van der Waals surface area contributed by atoms with Crippen LogP contribution in [-0.2, 0) is 13.0 Å². The zero-order chi connectivity index (χ0) is 13.0. The van der Waals surface area contributed by atoms with Crippen molar-refractivity contribution in [2.75, 3.05) is 7.05 Å². The Kier molecular flexibility index (Phi) is 4.21. The van der Waals surface area contributed by atoms with E-state index in [-0.39, 0.29) is 0 Å². The summed E-state index contributed by atoms with van der Waals surface area (Å²) in [6.07, 6.45) is 1.13. The van der Waals surface area contributed by atoms with Crippen molar-refractivity contribution in [2.24, 2.45) is 5.92 Å². The maximum Gasteiger partial charge on any atom is 0.134 e. The molecule has 96 valence electrons. The lowest BCUT2D eigenvalue weighted by Gasteiger charge is -2.05. The number of furan rings is 1. The number of hydrogen-bond acceptors (Lipinski definition) is 2. The summed E-state index contributed by atoms with van der Waals surface area (Å²) in [5, 5.41) is 3.09. The molecule has 0 bridgehead atoms. The number of rotatable bonds is 5. The summed E-state index contributed by atoms with van der Waals surface area (Å²) in [6, 6.07) is 12.7. The van der Waals surface area contributed by atoms with Crippen molar-refractivity contribution in [2.45, 2.75) is 26.8 Å². The zero-order valence-electron chi connectivity index (χ0n) is 11.4. The van der Waals surface area contributed by atoms with E-state index in [1.54, 1.807) is 0 Å². The SMILES string of the molecule is CNCc1ccc(-c2ccc(CC(C)C)cc2)o1. The Morgan fingerprint density at radius 3 is 2.39 bits per heavy atom. The first kappa shape index (κ1) is 12.9. The van der Waals surface area contributed by atoms with Crippen molar-refractivity contribution >= 4 is 0 Å². The monoisotopic (exact) mass is 243 g/mol. The molecule has 1 aromatic carbocycles. The van der Waals surface area contributed by atoms with Crippen LogP contribution in [0.5, 0.6) is 0 Å². The topological polar surface area (TPSA) is 25.2 Å². The molecule has 2 nitrogen and oxygen atoms in total. The summed E-state index contributed by atoms with van der Waals surface area (Å²) in [6.45, 7) is 5.25. The standard InChI is InChI=1S/C16H21NO/c1-12(2)10-13-4-6-14(7-5-13)16-9-8-15(18-16)11-17-3/h4-9,12,17H,10-11H2,1-3H3. The van der Waals surface area contributed by atoms with Crippen molar-refractivity contribution in [3.8, 4) is 11.3 Å². The smallest absolute Gasteiger partial charge is 0.134 e. The first-order valence-corrected chi connectivity index (χ1v) is 6.51. The fourth-order valence-corrected chi connectivity index (χ4v) is 2.08. The van der Waals surface area contributed by atoms with Gasteiger partial charge in [-0.2, -0.15) is 0 Å². The summed E-state index contributed by atoms with van der Waals surface area (Å²) in [5.74, 6) is 2.61. The first-order valence-electron chi connectivity index (χ1n) is 6.51. The molecule has 2 rings (SSSR count). The summed E-state index contributed by atoms with van der Waals surface area (Å²) in [4.78, 5) is 0. The highest BCUT2D eigenvalue weighted by Crippen LogP contribution is 2.23. The molecule has 2 heteroatoms. The molecule has 0 radical (unpaired) electrons. The second-order valence-corrected chi connectivity index (χ2v) is 5.09. The molecule has 0 spiro atoms. The van der Waals surface area contributed by atoms with Gasteiger partial charge in [0, 0.05) is 5.56 Å². The van der Waals surface area contributed by atoms with Crippen molar-refractivity contribution < 1.29 is 4.42 Å². The third-order valence-corrected chi connectivity index (χ3v) is 2.90. The van der Waals surface area contributed by atoms with E-state index >= 15 is 0 Å². The van der Waals surface area contributed by atoms with Crippen molar-refractivity contribution in [1.82, 2.24) is 5.32 Å². The highest BCUT2D eigenvalue weighted by Gasteiger charge is 2.04. The third kappa shape index (κ3) is 3.23. The molecule has 0 aliphatic carbocycles. The Bertz CT molecular complexity index is 482. The molecule has 0 saturated heterocycles. The molecule has 2 aromatic rings. The van der Waals surface area contributed by atoms with Crippen LogP contribution in [0.2, 0.25) is 0 Å². The van der Waals surface area contributed by atoms with Crippen molar-refractivity contribution in [3.63, 3.8) is 0 Å². The van der Waals surface area contributed by atoms with E-state index in [0.717, 1.165) is 30.0 Å². The molecule has 1 aromatic heterocycles. The molecule has 18 heavy (non-hydrogen) atoms. The van der Waals surface area contributed by atoms with Crippen LogP contribution in [0.3, 0.4) is 0 Å².